The molecule has 1 aromatic carbocycles. The SMILES string of the molecule is Cc1ncc(-c2cc(Br)ccc2C)[nH]1. The van der Waals surface area contributed by atoms with Crippen molar-refractivity contribution in [3.05, 3.63) is 40.3 Å². The van der Waals surface area contributed by atoms with Crippen molar-refractivity contribution in [2.45, 2.75) is 13.8 Å². The van der Waals surface area contributed by atoms with Crippen molar-refractivity contribution in [3.63, 3.8) is 0 Å². The maximum absolute atomic E-state index is 4.19. The molecule has 2 aromatic rings. The largest absolute Gasteiger partial charge is 0.342 e. The van der Waals surface area contributed by atoms with Crippen LogP contribution in [0.25, 0.3) is 11.3 Å². The monoisotopic (exact) mass is 250 g/mol. The summed E-state index contributed by atoms with van der Waals surface area (Å²) in [7, 11) is 0. The van der Waals surface area contributed by atoms with E-state index in [1.165, 1.54) is 11.1 Å². The lowest BCUT2D eigenvalue weighted by Gasteiger charge is -2.03. The molecule has 0 amide bonds. The Bertz CT molecular complexity index is 460. The third-order valence-corrected chi connectivity index (χ3v) is 2.69. The Kier molecular flexibility index (Phi) is 2.42. The van der Waals surface area contributed by atoms with Crippen LogP contribution < -0.4 is 0 Å². The van der Waals surface area contributed by atoms with Crippen LogP contribution in [0.1, 0.15) is 11.4 Å². The lowest BCUT2D eigenvalue weighted by molar-refractivity contribution is 1.15. The summed E-state index contributed by atoms with van der Waals surface area (Å²) < 4.78 is 1.09. The molecule has 14 heavy (non-hydrogen) atoms. The molecule has 1 aromatic heterocycles. The van der Waals surface area contributed by atoms with Gasteiger partial charge in [0.15, 0.2) is 0 Å². The van der Waals surface area contributed by atoms with E-state index in [0.717, 1.165) is 16.0 Å². The Morgan fingerprint density at radius 3 is 2.71 bits per heavy atom. The summed E-state index contributed by atoms with van der Waals surface area (Å²) in [5.74, 6) is 0.944. The minimum Gasteiger partial charge on any atom is -0.342 e. The molecule has 72 valence electrons. The molecule has 0 saturated carbocycles. The van der Waals surface area contributed by atoms with E-state index in [-0.39, 0.29) is 0 Å². The Hall–Kier alpha value is -1.09. The molecule has 0 aliphatic rings. The molecule has 0 spiro atoms. The van der Waals surface area contributed by atoms with Crippen molar-refractivity contribution in [1.82, 2.24) is 9.97 Å². The highest BCUT2D eigenvalue weighted by molar-refractivity contribution is 9.10. The van der Waals surface area contributed by atoms with Gasteiger partial charge in [-0.2, -0.15) is 0 Å². The number of halogens is 1. The van der Waals surface area contributed by atoms with Gasteiger partial charge in [0.05, 0.1) is 11.9 Å². The summed E-state index contributed by atoms with van der Waals surface area (Å²) in [6.45, 7) is 4.05. The molecule has 0 unspecified atom stereocenters. The van der Waals surface area contributed by atoms with E-state index in [9.17, 15) is 0 Å². The average Bonchev–Trinajstić information content (AvgIpc) is 2.56. The van der Waals surface area contributed by atoms with Gasteiger partial charge in [0.2, 0.25) is 0 Å². The van der Waals surface area contributed by atoms with Crippen LogP contribution >= 0.6 is 15.9 Å². The number of benzene rings is 1. The molecule has 1 heterocycles. The molecule has 0 saturated heterocycles. The van der Waals surface area contributed by atoms with Gasteiger partial charge in [-0.25, -0.2) is 4.98 Å². The van der Waals surface area contributed by atoms with Gasteiger partial charge >= 0.3 is 0 Å². The number of aromatic nitrogens is 2. The predicted molar refractivity (Wildman–Crippen MR) is 61.2 cm³/mol. The van der Waals surface area contributed by atoms with E-state index in [1.54, 1.807) is 0 Å². The standard InChI is InChI=1S/C11H11BrN2/c1-7-3-4-9(12)5-10(7)11-6-13-8(2)14-11/h3-6H,1-2H3,(H,13,14). The lowest BCUT2D eigenvalue weighted by Crippen LogP contribution is -1.83. The quantitative estimate of drug-likeness (QED) is 0.826. The van der Waals surface area contributed by atoms with Crippen LogP contribution in [0.4, 0.5) is 0 Å². The third kappa shape index (κ3) is 1.73. The molecule has 2 nitrogen and oxygen atoms in total. The van der Waals surface area contributed by atoms with E-state index < -0.39 is 0 Å². The highest BCUT2D eigenvalue weighted by Gasteiger charge is 2.04. The maximum atomic E-state index is 4.19. The van der Waals surface area contributed by atoms with Crippen molar-refractivity contribution < 1.29 is 0 Å². The second-order valence-corrected chi connectivity index (χ2v) is 4.26. The summed E-state index contributed by atoms with van der Waals surface area (Å²) in [6.07, 6.45) is 1.87. The van der Waals surface area contributed by atoms with Crippen LogP contribution in [0, 0.1) is 13.8 Å². The topological polar surface area (TPSA) is 28.7 Å². The van der Waals surface area contributed by atoms with Gasteiger partial charge in [0, 0.05) is 10.0 Å². The predicted octanol–water partition coefficient (Wildman–Crippen LogP) is 3.46. The van der Waals surface area contributed by atoms with Crippen molar-refractivity contribution >= 4 is 15.9 Å². The first kappa shape index (κ1) is 9.46. The van der Waals surface area contributed by atoms with E-state index in [2.05, 4.69) is 45.0 Å². The van der Waals surface area contributed by atoms with Crippen LogP contribution in [0.5, 0.6) is 0 Å². The summed E-state index contributed by atoms with van der Waals surface area (Å²) in [5, 5.41) is 0. The number of imidazole rings is 1. The zero-order valence-electron chi connectivity index (χ0n) is 8.13. The van der Waals surface area contributed by atoms with Crippen molar-refractivity contribution in [2.24, 2.45) is 0 Å². The van der Waals surface area contributed by atoms with Gasteiger partial charge in [0.1, 0.15) is 5.82 Å². The fraction of sp³-hybridized carbons (Fsp3) is 0.182. The number of nitrogens with zero attached hydrogens (tertiary/aromatic N) is 1. The molecule has 0 fully saturated rings. The number of H-pyrrole nitrogens is 1. The summed E-state index contributed by atoms with van der Waals surface area (Å²) in [4.78, 5) is 7.42. The van der Waals surface area contributed by atoms with E-state index in [0.29, 0.717) is 0 Å². The van der Waals surface area contributed by atoms with Gasteiger partial charge < -0.3 is 4.98 Å². The average molecular weight is 251 g/mol. The number of nitrogens with one attached hydrogen (secondary N) is 1. The molecule has 0 aliphatic heterocycles. The summed E-state index contributed by atoms with van der Waals surface area (Å²) in [6, 6.07) is 6.24. The highest BCUT2D eigenvalue weighted by atomic mass is 79.9. The molecule has 0 atom stereocenters. The summed E-state index contributed by atoms with van der Waals surface area (Å²) in [5.41, 5.74) is 3.51. The Balaban J connectivity index is 2.55. The van der Waals surface area contributed by atoms with Crippen molar-refractivity contribution in [1.29, 1.82) is 0 Å². The van der Waals surface area contributed by atoms with Gasteiger partial charge in [-0.15, -0.1) is 0 Å². The second-order valence-electron chi connectivity index (χ2n) is 3.34. The van der Waals surface area contributed by atoms with E-state index in [4.69, 9.17) is 0 Å². The van der Waals surface area contributed by atoms with E-state index >= 15 is 0 Å². The van der Waals surface area contributed by atoms with Crippen LogP contribution in [0.3, 0.4) is 0 Å². The Morgan fingerprint density at radius 2 is 2.07 bits per heavy atom. The molecule has 1 N–H and O–H groups in total. The van der Waals surface area contributed by atoms with E-state index in [1.807, 2.05) is 19.2 Å². The first-order valence-corrected chi connectivity index (χ1v) is 5.24. The molecular weight excluding hydrogens is 240 g/mol. The van der Waals surface area contributed by atoms with Crippen molar-refractivity contribution in [2.75, 3.05) is 0 Å². The smallest absolute Gasteiger partial charge is 0.103 e. The third-order valence-electron chi connectivity index (χ3n) is 2.19. The molecule has 3 heteroatoms. The van der Waals surface area contributed by atoms with Crippen LogP contribution in [0.2, 0.25) is 0 Å². The molecule has 0 aliphatic carbocycles. The fourth-order valence-corrected chi connectivity index (χ4v) is 1.80. The van der Waals surface area contributed by atoms with Gasteiger partial charge in [-0.05, 0) is 31.5 Å². The van der Waals surface area contributed by atoms with Crippen LogP contribution in [-0.2, 0) is 0 Å². The first-order valence-electron chi connectivity index (χ1n) is 4.45. The lowest BCUT2D eigenvalue weighted by atomic mass is 10.1. The van der Waals surface area contributed by atoms with Gasteiger partial charge in [-0.1, -0.05) is 22.0 Å². The molecular formula is C11H11BrN2. The van der Waals surface area contributed by atoms with Crippen LogP contribution in [0.15, 0.2) is 28.9 Å². The number of rotatable bonds is 1. The Morgan fingerprint density at radius 1 is 1.29 bits per heavy atom. The first-order chi connectivity index (χ1) is 6.66. The maximum Gasteiger partial charge on any atom is 0.103 e. The minimum absolute atomic E-state index is 0.944. The van der Waals surface area contributed by atoms with Gasteiger partial charge in [-0.3, -0.25) is 0 Å². The van der Waals surface area contributed by atoms with Gasteiger partial charge in [0.25, 0.3) is 0 Å². The Labute approximate surface area is 91.5 Å². The number of hydrogen-bond acceptors (Lipinski definition) is 1. The normalized spacial score (nSPS) is 10.5. The molecule has 0 bridgehead atoms. The van der Waals surface area contributed by atoms with Crippen molar-refractivity contribution in [3.8, 4) is 11.3 Å². The zero-order chi connectivity index (χ0) is 10.1. The minimum atomic E-state index is 0.944. The zero-order valence-corrected chi connectivity index (χ0v) is 9.72. The number of aryl methyl sites for hydroxylation is 2. The number of hydrogen-bond donors (Lipinski definition) is 1. The molecule has 0 radical (unpaired) electrons. The highest BCUT2D eigenvalue weighted by Crippen LogP contribution is 2.25. The summed E-state index contributed by atoms with van der Waals surface area (Å²) >= 11 is 3.47. The fourth-order valence-electron chi connectivity index (χ4n) is 1.44. The van der Waals surface area contributed by atoms with Crippen LogP contribution in [-0.4, -0.2) is 9.97 Å². The number of aromatic amines is 1. The second kappa shape index (κ2) is 3.58. The molecule has 2 rings (SSSR count).